The quantitative estimate of drug-likeness (QED) is 0.446. The number of hydrazone groups is 1. The highest BCUT2D eigenvalue weighted by Gasteiger charge is 2.29. The highest BCUT2D eigenvalue weighted by atomic mass is 35.5. The number of carboxylic acid groups (broad SMARTS) is 1. The first-order valence-corrected chi connectivity index (χ1v) is 9.60. The summed E-state index contributed by atoms with van der Waals surface area (Å²) >= 11 is 5.93. The number of aromatic carboxylic acids is 1. The highest BCUT2D eigenvalue weighted by Crippen LogP contribution is 2.29. The summed E-state index contributed by atoms with van der Waals surface area (Å²) < 4.78 is 5.81. The smallest absolute Gasteiger partial charge is 0.337 e. The Kier molecular flexibility index (Phi) is 6.52. The van der Waals surface area contributed by atoms with E-state index in [-0.39, 0.29) is 16.5 Å². The maximum atomic E-state index is 12.9. The molecule has 0 saturated carbocycles. The van der Waals surface area contributed by atoms with Gasteiger partial charge in [-0.15, -0.1) is 0 Å². The van der Waals surface area contributed by atoms with E-state index in [1.54, 1.807) is 61.6 Å². The summed E-state index contributed by atoms with van der Waals surface area (Å²) in [5.41, 5.74) is 2.00. The van der Waals surface area contributed by atoms with Gasteiger partial charge < -0.3 is 9.52 Å². The number of nitrogens with zero attached hydrogens (tertiary/aromatic N) is 2. The van der Waals surface area contributed by atoms with E-state index in [1.807, 2.05) is 0 Å². The van der Waals surface area contributed by atoms with Crippen molar-refractivity contribution in [2.24, 2.45) is 5.10 Å². The number of carbonyl (C=O) groups excluding carboxylic acids is 1. The van der Waals surface area contributed by atoms with Gasteiger partial charge >= 0.3 is 5.97 Å². The van der Waals surface area contributed by atoms with E-state index >= 15 is 0 Å². The molecule has 1 amide bonds. The van der Waals surface area contributed by atoms with Crippen molar-refractivity contribution in [3.05, 3.63) is 101 Å². The Balaban J connectivity index is 1.91. The molecule has 6 nitrogen and oxygen atoms in total. The fraction of sp³-hybridized carbons (Fsp3) is 0.0417. The zero-order valence-corrected chi connectivity index (χ0v) is 17.5. The fourth-order valence-electron chi connectivity index (χ4n) is 2.91. The van der Waals surface area contributed by atoms with E-state index in [4.69, 9.17) is 16.0 Å². The van der Waals surface area contributed by atoms with Crippen LogP contribution in [0, 0.1) is 0 Å². The first kappa shape index (κ1) is 21.8. The second-order valence-electron chi connectivity index (χ2n) is 6.48. The lowest BCUT2D eigenvalue weighted by molar-refractivity contribution is -0.123. The van der Waals surface area contributed by atoms with Crippen LogP contribution < -0.4 is 0 Å². The van der Waals surface area contributed by atoms with Crippen molar-refractivity contribution < 1.29 is 19.1 Å². The summed E-state index contributed by atoms with van der Waals surface area (Å²) in [6, 6.07) is 7.99. The van der Waals surface area contributed by atoms with E-state index < -0.39 is 5.97 Å². The number of hydrogen-bond donors (Lipinski definition) is 1. The van der Waals surface area contributed by atoms with Crippen molar-refractivity contribution in [1.29, 1.82) is 0 Å². The van der Waals surface area contributed by atoms with Crippen LogP contribution in [-0.2, 0) is 4.79 Å². The Hall–Kier alpha value is -3.90. The molecule has 2 aromatic rings. The van der Waals surface area contributed by atoms with Gasteiger partial charge in [-0.25, -0.2) is 4.79 Å². The molecule has 0 bridgehead atoms. The van der Waals surface area contributed by atoms with Crippen molar-refractivity contribution in [2.45, 2.75) is 6.92 Å². The van der Waals surface area contributed by atoms with Gasteiger partial charge in [0.15, 0.2) is 0 Å². The lowest BCUT2D eigenvalue weighted by atomic mass is 10.1. The van der Waals surface area contributed by atoms with Gasteiger partial charge in [-0.1, -0.05) is 43.0 Å². The minimum Gasteiger partial charge on any atom is -0.478 e. The monoisotopic (exact) mass is 434 g/mol. The molecule has 31 heavy (non-hydrogen) atoms. The Morgan fingerprint density at radius 1 is 1.23 bits per heavy atom. The van der Waals surface area contributed by atoms with E-state index in [0.29, 0.717) is 34.1 Å². The van der Waals surface area contributed by atoms with Gasteiger partial charge in [-0.05, 0) is 55.5 Å². The summed E-state index contributed by atoms with van der Waals surface area (Å²) in [4.78, 5) is 24.2. The Bertz CT molecular complexity index is 1200. The van der Waals surface area contributed by atoms with Crippen molar-refractivity contribution in [3.63, 3.8) is 0 Å². The van der Waals surface area contributed by atoms with Crippen molar-refractivity contribution in [1.82, 2.24) is 5.01 Å². The van der Waals surface area contributed by atoms with Gasteiger partial charge in [0, 0.05) is 5.56 Å². The molecule has 7 heteroatoms. The molecule has 0 spiro atoms. The summed E-state index contributed by atoms with van der Waals surface area (Å²) in [7, 11) is 0. The highest BCUT2D eigenvalue weighted by molar-refractivity contribution is 6.33. The lowest BCUT2D eigenvalue weighted by Crippen LogP contribution is -2.20. The summed E-state index contributed by atoms with van der Waals surface area (Å²) in [6.45, 7) is 9.03. The van der Waals surface area contributed by atoms with E-state index in [0.717, 1.165) is 0 Å². The molecular weight excluding hydrogens is 416 g/mol. The van der Waals surface area contributed by atoms with Gasteiger partial charge in [-0.3, -0.25) is 4.79 Å². The first-order valence-electron chi connectivity index (χ1n) is 9.22. The maximum Gasteiger partial charge on any atom is 0.337 e. The topological polar surface area (TPSA) is 83.1 Å². The molecule has 0 aliphatic carbocycles. The summed E-state index contributed by atoms with van der Waals surface area (Å²) in [6.07, 6.45) is 9.84. The number of benzene rings is 1. The fourth-order valence-corrected chi connectivity index (χ4v) is 3.11. The van der Waals surface area contributed by atoms with Crippen molar-refractivity contribution in [3.8, 4) is 11.3 Å². The average molecular weight is 435 g/mol. The van der Waals surface area contributed by atoms with E-state index in [9.17, 15) is 14.7 Å². The van der Waals surface area contributed by atoms with Gasteiger partial charge in [-0.2, -0.15) is 10.1 Å². The molecule has 156 valence electrons. The van der Waals surface area contributed by atoms with Crippen LogP contribution in [0.2, 0.25) is 5.02 Å². The molecule has 1 aromatic carbocycles. The maximum absolute atomic E-state index is 12.9. The minimum atomic E-state index is -1.13. The standard InChI is InChI=1S/C24H19ClN2O4/c1-4-6-8-17(7-5-2)27-23(28)19(15(3)26-27)14-18-10-12-22(31-18)16-9-11-21(25)20(13-16)24(29)30/h4-14H,1-2H2,3H3,(H,29,30)/b8-6-,17-7+,19-14-. The van der Waals surface area contributed by atoms with Gasteiger partial charge in [0.2, 0.25) is 0 Å². The molecular formula is C24H19ClN2O4. The largest absolute Gasteiger partial charge is 0.478 e. The van der Waals surface area contributed by atoms with Crippen LogP contribution in [0.15, 0.2) is 94.7 Å². The van der Waals surface area contributed by atoms with Crippen molar-refractivity contribution >= 4 is 35.3 Å². The van der Waals surface area contributed by atoms with E-state index in [1.165, 1.54) is 17.1 Å². The summed E-state index contributed by atoms with van der Waals surface area (Å²) in [5.74, 6) is -0.559. The normalized spacial score (nSPS) is 15.6. The molecule has 1 aliphatic heterocycles. The predicted molar refractivity (Wildman–Crippen MR) is 122 cm³/mol. The SMILES string of the molecule is C=C/C=C\C(=C/C=C)N1N=C(C)/C(=C/c2ccc(-c3ccc(Cl)c(C(=O)O)c3)o2)C1=O. The first-order chi connectivity index (χ1) is 14.8. The van der Waals surface area contributed by atoms with Crippen LogP contribution in [0.3, 0.4) is 0 Å². The molecule has 3 rings (SSSR count). The number of amides is 1. The number of carboxylic acids is 1. The number of furan rings is 1. The molecule has 1 aliphatic rings. The Morgan fingerprint density at radius 3 is 2.68 bits per heavy atom. The Morgan fingerprint density at radius 2 is 2.00 bits per heavy atom. The molecule has 0 radical (unpaired) electrons. The van der Waals surface area contributed by atoms with Crippen molar-refractivity contribution in [2.75, 3.05) is 0 Å². The van der Waals surface area contributed by atoms with Gasteiger partial charge in [0.25, 0.3) is 5.91 Å². The molecule has 0 atom stereocenters. The van der Waals surface area contributed by atoms with E-state index in [2.05, 4.69) is 18.3 Å². The zero-order chi connectivity index (χ0) is 22.5. The number of halogens is 1. The third-order valence-corrected chi connectivity index (χ3v) is 4.72. The minimum absolute atomic E-state index is 0.0193. The zero-order valence-electron chi connectivity index (χ0n) is 16.7. The van der Waals surface area contributed by atoms with Crippen LogP contribution >= 0.6 is 11.6 Å². The van der Waals surface area contributed by atoms with Crippen LogP contribution in [0.1, 0.15) is 23.0 Å². The van der Waals surface area contributed by atoms with Crippen LogP contribution in [-0.4, -0.2) is 27.7 Å². The van der Waals surface area contributed by atoms with Crippen LogP contribution in [0.25, 0.3) is 17.4 Å². The molecule has 0 saturated heterocycles. The number of rotatable bonds is 7. The second-order valence-corrected chi connectivity index (χ2v) is 6.89. The third kappa shape index (κ3) is 4.65. The molecule has 1 aromatic heterocycles. The Labute approximate surface area is 184 Å². The number of carbonyl (C=O) groups is 2. The lowest BCUT2D eigenvalue weighted by Gasteiger charge is -2.12. The molecule has 1 N–H and O–H groups in total. The van der Waals surface area contributed by atoms with Crippen LogP contribution in [0.4, 0.5) is 0 Å². The van der Waals surface area contributed by atoms with Gasteiger partial charge in [0.05, 0.1) is 27.6 Å². The molecule has 2 heterocycles. The second kappa shape index (κ2) is 9.28. The molecule has 0 fully saturated rings. The average Bonchev–Trinajstić information content (AvgIpc) is 3.31. The molecule has 0 unspecified atom stereocenters. The summed E-state index contributed by atoms with van der Waals surface area (Å²) in [5, 5.41) is 15.0. The number of hydrogen-bond acceptors (Lipinski definition) is 4. The number of allylic oxidation sites excluding steroid dienone is 5. The van der Waals surface area contributed by atoms with Crippen LogP contribution in [0.5, 0.6) is 0 Å². The predicted octanol–water partition coefficient (Wildman–Crippen LogP) is 5.71. The third-order valence-electron chi connectivity index (χ3n) is 4.39. The van der Waals surface area contributed by atoms with Gasteiger partial charge in [0.1, 0.15) is 11.5 Å².